The number of benzene rings is 1. The highest BCUT2D eigenvalue weighted by molar-refractivity contribution is 5.97. The van der Waals surface area contributed by atoms with Crippen molar-refractivity contribution < 1.29 is 14.3 Å². The van der Waals surface area contributed by atoms with E-state index in [9.17, 15) is 4.79 Å². The van der Waals surface area contributed by atoms with Gasteiger partial charge in [-0.1, -0.05) is 27.7 Å². The van der Waals surface area contributed by atoms with Gasteiger partial charge in [0, 0.05) is 31.9 Å². The molecule has 1 aliphatic rings. The lowest BCUT2D eigenvalue weighted by Crippen LogP contribution is -2.42. The maximum absolute atomic E-state index is 12.6. The normalized spacial score (nSPS) is 22.5. The molecular formula is C23H38N2O3. The third-order valence-electron chi connectivity index (χ3n) is 5.51. The number of carbonyl (C=O) groups excluding carboxylic acids is 1. The number of nitrogens with zero attached hydrogens (tertiary/aromatic N) is 1. The molecule has 3 atom stereocenters. The molecule has 1 aliphatic heterocycles. The Bertz CT molecular complexity index is 594. The Morgan fingerprint density at radius 1 is 1.14 bits per heavy atom. The zero-order valence-corrected chi connectivity index (χ0v) is 18.3. The number of rotatable bonds is 10. The Hall–Kier alpha value is -1.59. The number of amides is 1. The number of likely N-dealkylation sites (tertiary alicyclic amines) is 1. The molecule has 0 unspecified atom stereocenters. The molecule has 158 valence electrons. The number of piperidine rings is 1. The predicted octanol–water partition coefficient (Wildman–Crippen LogP) is 4.58. The molecule has 1 aromatic carbocycles. The van der Waals surface area contributed by atoms with Crippen LogP contribution in [0.4, 0.5) is 5.69 Å². The van der Waals surface area contributed by atoms with Crippen molar-refractivity contribution in [2.75, 3.05) is 38.2 Å². The summed E-state index contributed by atoms with van der Waals surface area (Å²) >= 11 is 0. The first-order valence-electron chi connectivity index (χ1n) is 10.8. The van der Waals surface area contributed by atoms with E-state index in [1.165, 1.54) is 6.42 Å². The molecule has 0 radical (unpaired) electrons. The van der Waals surface area contributed by atoms with Gasteiger partial charge in [0.25, 0.3) is 5.91 Å². The predicted molar refractivity (Wildman–Crippen MR) is 115 cm³/mol. The van der Waals surface area contributed by atoms with Gasteiger partial charge in [0.15, 0.2) is 0 Å². The van der Waals surface area contributed by atoms with Gasteiger partial charge in [0.1, 0.15) is 18.0 Å². The zero-order valence-electron chi connectivity index (χ0n) is 18.3. The Balaban J connectivity index is 1.80. The van der Waals surface area contributed by atoms with Gasteiger partial charge in [-0.3, -0.25) is 9.69 Å². The number of hydrogen-bond acceptors (Lipinski definition) is 4. The van der Waals surface area contributed by atoms with Crippen molar-refractivity contribution in [1.82, 2.24) is 4.90 Å². The summed E-state index contributed by atoms with van der Waals surface area (Å²) < 4.78 is 11.7. The van der Waals surface area contributed by atoms with Gasteiger partial charge in [-0.25, -0.2) is 0 Å². The highest BCUT2D eigenvalue weighted by atomic mass is 16.5. The number of ether oxygens (including phenoxy) is 2. The van der Waals surface area contributed by atoms with Crippen LogP contribution in [0.2, 0.25) is 0 Å². The monoisotopic (exact) mass is 390 g/mol. The van der Waals surface area contributed by atoms with Gasteiger partial charge in [-0.05, 0) is 62.3 Å². The summed E-state index contributed by atoms with van der Waals surface area (Å²) in [5.74, 6) is 2.26. The first-order valence-corrected chi connectivity index (χ1v) is 10.8. The Morgan fingerprint density at radius 2 is 1.79 bits per heavy atom. The van der Waals surface area contributed by atoms with Gasteiger partial charge in [0.05, 0.1) is 0 Å². The number of anilines is 1. The molecule has 0 spiro atoms. The van der Waals surface area contributed by atoms with E-state index in [0.717, 1.165) is 49.3 Å². The van der Waals surface area contributed by atoms with Crippen molar-refractivity contribution in [2.45, 2.75) is 59.5 Å². The molecule has 1 heterocycles. The van der Waals surface area contributed by atoms with E-state index in [1.54, 1.807) is 0 Å². The van der Waals surface area contributed by atoms with E-state index < -0.39 is 5.60 Å². The lowest BCUT2D eigenvalue weighted by molar-refractivity contribution is -0.139. The summed E-state index contributed by atoms with van der Waals surface area (Å²) in [6, 6.07) is 7.59. The molecular weight excluding hydrogens is 352 g/mol. The average molecular weight is 391 g/mol. The first-order chi connectivity index (χ1) is 13.4. The second-order valence-corrected chi connectivity index (χ2v) is 8.47. The van der Waals surface area contributed by atoms with Gasteiger partial charge < -0.3 is 14.8 Å². The Labute approximate surface area is 170 Å². The fourth-order valence-corrected chi connectivity index (χ4v) is 3.82. The van der Waals surface area contributed by atoms with Crippen molar-refractivity contribution in [3.05, 3.63) is 24.3 Å². The largest absolute Gasteiger partial charge is 0.492 e. The molecule has 1 amide bonds. The minimum Gasteiger partial charge on any atom is -0.492 e. The van der Waals surface area contributed by atoms with Crippen molar-refractivity contribution >= 4 is 11.6 Å². The lowest BCUT2D eigenvalue weighted by atomic mass is 9.92. The number of hydrogen-bond donors (Lipinski definition) is 1. The fraction of sp³-hybridized carbons (Fsp3) is 0.696. The van der Waals surface area contributed by atoms with Gasteiger partial charge in [-0.15, -0.1) is 0 Å². The van der Waals surface area contributed by atoms with Crippen LogP contribution in [0, 0.1) is 11.8 Å². The van der Waals surface area contributed by atoms with Crippen LogP contribution in [0.5, 0.6) is 5.75 Å². The van der Waals surface area contributed by atoms with E-state index in [0.29, 0.717) is 19.6 Å². The highest BCUT2D eigenvalue weighted by Gasteiger charge is 2.32. The molecule has 28 heavy (non-hydrogen) atoms. The summed E-state index contributed by atoms with van der Waals surface area (Å²) in [7, 11) is 0. The summed E-state index contributed by atoms with van der Waals surface area (Å²) in [5, 5.41) is 2.96. The second kappa shape index (κ2) is 10.8. The molecule has 5 nitrogen and oxygen atoms in total. The fourth-order valence-electron chi connectivity index (χ4n) is 3.82. The van der Waals surface area contributed by atoms with Gasteiger partial charge >= 0.3 is 0 Å². The second-order valence-electron chi connectivity index (χ2n) is 8.47. The lowest BCUT2D eigenvalue weighted by Gasteiger charge is -2.34. The minimum absolute atomic E-state index is 0.106. The SMILES string of the molecule is CCCO[C@](C)(CC)C(=O)Nc1ccc(OCCN2C[C@@H](C)C[C@H](C)C2)cc1. The van der Waals surface area contributed by atoms with Crippen LogP contribution in [0.15, 0.2) is 24.3 Å². The van der Waals surface area contributed by atoms with Crippen LogP contribution in [0.1, 0.15) is 53.9 Å². The van der Waals surface area contributed by atoms with Crippen LogP contribution < -0.4 is 10.1 Å². The zero-order chi connectivity index (χ0) is 20.6. The number of carbonyl (C=O) groups is 1. The smallest absolute Gasteiger partial charge is 0.256 e. The molecule has 0 aliphatic carbocycles. The van der Waals surface area contributed by atoms with Crippen LogP contribution in [-0.2, 0) is 9.53 Å². The molecule has 2 rings (SSSR count). The molecule has 1 N–H and O–H groups in total. The molecule has 5 heteroatoms. The van der Waals surface area contributed by atoms with E-state index in [2.05, 4.69) is 24.1 Å². The molecule has 0 saturated carbocycles. The minimum atomic E-state index is -0.798. The summed E-state index contributed by atoms with van der Waals surface area (Å²) in [6.45, 7) is 15.1. The molecule has 0 aromatic heterocycles. The van der Waals surface area contributed by atoms with E-state index in [-0.39, 0.29) is 5.91 Å². The summed E-state index contributed by atoms with van der Waals surface area (Å²) in [6.07, 6.45) is 2.85. The maximum Gasteiger partial charge on any atom is 0.256 e. The molecule has 1 fully saturated rings. The first kappa shape index (κ1) is 22.7. The molecule has 1 saturated heterocycles. The van der Waals surface area contributed by atoms with Crippen molar-refractivity contribution in [2.24, 2.45) is 11.8 Å². The highest BCUT2D eigenvalue weighted by Crippen LogP contribution is 2.22. The van der Waals surface area contributed by atoms with E-state index in [1.807, 2.05) is 45.0 Å². The standard InChI is InChI=1S/C23H38N2O3/c1-6-13-28-23(5,7-2)22(26)24-20-8-10-21(11-9-20)27-14-12-25-16-18(3)15-19(4)17-25/h8-11,18-19H,6-7,12-17H2,1-5H3,(H,24,26)/t18-,19-,23+/m0/s1. The Morgan fingerprint density at radius 3 is 2.36 bits per heavy atom. The third-order valence-corrected chi connectivity index (χ3v) is 5.51. The van der Waals surface area contributed by atoms with Crippen LogP contribution >= 0.6 is 0 Å². The van der Waals surface area contributed by atoms with Crippen molar-refractivity contribution in [1.29, 1.82) is 0 Å². The average Bonchev–Trinajstić information content (AvgIpc) is 2.66. The topological polar surface area (TPSA) is 50.8 Å². The van der Waals surface area contributed by atoms with Gasteiger partial charge in [-0.2, -0.15) is 0 Å². The van der Waals surface area contributed by atoms with Crippen molar-refractivity contribution in [3.63, 3.8) is 0 Å². The Kier molecular flexibility index (Phi) is 8.77. The quantitative estimate of drug-likeness (QED) is 0.635. The number of nitrogens with one attached hydrogen (secondary N) is 1. The molecule has 1 aromatic rings. The summed E-state index contributed by atoms with van der Waals surface area (Å²) in [4.78, 5) is 15.1. The maximum atomic E-state index is 12.6. The van der Waals surface area contributed by atoms with Crippen LogP contribution in [-0.4, -0.2) is 49.3 Å². The molecule has 0 bridgehead atoms. The summed E-state index contributed by atoms with van der Waals surface area (Å²) in [5.41, 5.74) is -0.0377. The third kappa shape index (κ3) is 6.78. The van der Waals surface area contributed by atoms with Crippen molar-refractivity contribution in [3.8, 4) is 5.75 Å². The van der Waals surface area contributed by atoms with Crippen LogP contribution in [0.25, 0.3) is 0 Å². The van der Waals surface area contributed by atoms with Crippen LogP contribution in [0.3, 0.4) is 0 Å². The van der Waals surface area contributed by atoms with Gasteiger partial charge in [0.2, 0.25) is 0 Å². The van der Waals surface area contributed by atoms with E-state index >= 15 is 0 Å². The van der Waals surface area contributed by atoms with E-state index in [4.69, 9.17) is 9.47 Å².